The molecule has 6 aromatic rings. The van der Waals surface area contributed by atoms with E-state index in [9.17, 15) is 14.7 Å². The van der Waals surface area contributed by atoms with Crippen molar-refractivity contribution in [3.05, 3.63) is 158 Å². The Kier molecular flexibility index (Phi) is 16.2. The number of aromatic carboxylic acids is 1. The van der Waals surface area contributed by atoms with Gasteiger partial charge in [0.05, 0.1) is 61.8 Å². The van der Waals surface area contributed by atoms with E-state index < -0.39 is 5.97 Å². The van der Waals surface area contributed by atoms with Gasteiger partial charge in [0.15, 0.2) is 6.29 Å². The van der Waals surface area contributed by atoms with Crippen LogP contribution < -0.4 is 28.4 Å². The molecule has 0 spiro atoms. The minimum atomic E-state index is -1.09. The maximum atomic E-state index is 11.2. The van der Waals surface area contributed by atoms with Crippen LogP contribution in [-0.2, 0) is 0 Å². The number of carboxylic acids is 1. The van der Waals surface area contributed by atoms with Crippen molar-refractivity contribution in [3.63, 3.8) is 0 Å². The van der Waals surface area contributed by atoms with E-state index >= 15 is 0 Å². The Morgan fingerprint density at radius 2 is 0.823 bits per heavy atom. The molecule has 12 nitrogen and oxygen atoms in total. The number of aldehydes is 1. The molecule has 0 unspecified atom stereocenters. The van der Waals surface area contributed by atoms with Crippen LogP contribution in [-0.4, -0.2) is 38.7 Å². The Morgan fingerprint density at radius 1 is 0.484 bits per heavy atom. The average molecular weight is 832 g/mol. The fourth-order valence-electron chi connectivity index (χ4n) is 6.31. The zero-order valence-electron chi connectivity index (χ0n) is 35.9. The number of nitrogens with zero attached hydrogens (tertiary/aromatic N) is 3. The highest BCUT2D eigenvalue weighted by atomic mass is 16.5. The maximum Gasteiger partial charge on any atom is 0.339 e. The van der Waals surface area contributed by atoms with Gasteiger partial charge in [-0.15, -0.1) is 0 Å². The van der Waals surface area contributed by atoms with Gasteiger partial charge in [0.25, 0.3) is 0 Å². The Balaban J connectivity index is 0.000000205. The molecule has 6 aromatic carbocycles. The molecular weight excluding hydrogens is 787 g/mol. The predicted molar refractivity (Wildman–Crippen MR) is 233 cm³/mol. The largest absolute Gasteiger partial charge is 0.497 e. The van der Waals surface area contributed by atoms with Crippen molar-refractivity contribution in [3.8, 4) is 70.0 Å². The molecular formula is C50H45N3O9. The summed E-state index contributed by atoms with van der Waals surface area (Å²) >= 11 is 0. The first-order valence-corrected chi connectivity index (χ1v) is 18.9. The molecule has 0 aliphatic heterocycles. The van der Waals surface area contributed by atoms with Crippen LogP contribution in [0.5, 0.6) is 51.7 Å². The van der Waals surface area contributed by atoms with Gasteiger partial charge in [-0.25, -0.2) is 4.79 Å². The second-order valence-corrected chi connectivity index (χ2v) is 13.8. The van der Waals surface area contributed by atoms with E-state index in [1.165, 1.54) is 20.3 Å². The van der Waals surface area contributed by atoms with Crippen LogP contribution >= 0.6 is 0 Å². The van der Waals surface area contributed by atoms with Gasteiger partial charge in [-0.3, -0.25) is 4.79 Å². The monoisotopic (exact) mass is 831 g/mol. The van der Waals surface area contributed by atoms with Gasteiger partial charge in [0.2, 0.25) is 0 Å². The topological polar surface area (TPSA) is 181 Å². The highest BCUT2D eigenvalue weighted by Gasteiger charge is 2.15. The molecule has 0 saturated heterocycles. The fraction of sp³-hybridized carbons (Fsp3) is 0.180. The Bertz CT molecular complexity index is 2650. The van der Waals surface area contributed by atoms with Crippen molar-refractivity contribution < 1.29 is 43.1 Å². The van der Waals surface area contributed by atoms with E-state index in [1.54, 1.807) is 61.7 Å². The van der Waals surface area contributed by atoms with Crippen LogP contribution in [0.15, 0.2) is 97.1 Å². The van der Waals surface area contributed by atoms with Gasteiger partial charge in [0.1, 0.15) is 57.3 Å². The van der Waals surface area contributed by atoms with Gasteiger partial charge < -0.3 is 33.5 Å². The Labute approximate surface area is 361 Å². The number of carbonyl (C=O) groups excluding carboxylic acids is 1. The molecule has 0 heterocycles. The zero-order valence-corrected chi connectivity index (χ0v) is 35.9. The van der Waals surface area contributed by atoms with Crippen molar-refractivity contribution in [1.29, 1.82) is 15.8 Å². The number of rotatable bonds is 11. The number of hydrogen-bond donors (Lipinski definition) is 1. The third-order valence-electron chi connectivity index (χ3n) is 9.22. The van der Waals surface area contributed by atoms with E-state index in [4.69, 9.17) is 44.2 Å². The molecule has 314 valence electrons. The number of aryl methyl sites for hydroxylation is 6. The molecule has 0 aromatic heterocycles. The summed E-state index contributed by atoms with van der Waals surface area (Å²) in [5.74, 6) is 4.27. The standard InChI is InChI=1S/C17H15NO4.C17H15NO3.C16H15NO2/c1-10-6-12(9-18)7-11(2)16(10)22-13-4-5-15(21-3)14(8-13)17(19)20;1-11-6-13(9-18)7-12(2)17(11)21-15-4-5-16(20-3)14(8-15)10-19;1-11-8-13(10-17)9-12(2)16(11)19-15-6-4-14(18-3)5-7-15/h4-8H,1-3H3,(H,19,20);4-8,10H,1-3H3;4-9H,1-3H3. The molecule has 0 bridgehead atoms. The summed E-state index contributed by atoms with van der Waals surface area (Å²) in [5.41, 5.74) is 7.53. The molecule has 0 saturated carbocycles. The summed E-state index contributed by atoms with van der Waals surface area (Å²) in [6.45, 7) is 11.3. The predicted octanol–water partition coefficient (Wildman–Crippen LogP) is 11.4. The number of ether oxygens (including phenoxy) is 6. The average Bonchev–Trinajstić information content (AvgIpc) is 3.27. The van der Waals surface area contributed by atoms with Gasteiger partial charge in [-0.2, -0.15) is 15.8 Å². The van der Waals surface area contributed by atoms with Crippen LogP contribution in [0.2, 0.25) is 0 Å². The second kappa shape index (κ2) is 21.7. The third-order valence-corrected chi connectivity index (χ3v) is 9.22. The van der Waals surface area contributed by atoms with Crippen molar-refractivity contribution in [2.24, 2.45) is 0 Å². The summed E-state index contributed by atoms with van der Waals surface area (Å²) in [7, 11) is 4.56. The minimum Gasteiger partial charge on any atom is -0.497 e. The lowest BCUT2D eigenvalue weighted by atomic mass is 10.1. The lowest BCUT2D eigenvalue weighted by Gasteiger charge is -2.13. The molecule has 0 amide bonds. The normalized spacial score (nSPS) is 9.84. The quantitative estimate of drug-likeness (QED) is 0.122. The molecule has 0 atom stereocenters. The fourth-order valence-corrected chi connectivity index (χ4v) is 6.31. The van der Waals surface area contributed by atoms with Crippen LogP contribution in [0.3, 0.4) is 0 Å². The molecule has 0 aliphatic carbocycles. The number of nitriles is 3. The lowest BCUT2D eigenvalue weighted by molar-refractivity contribution is 0.0692. The van der Waals surface area contributed by atoms with Gasteiger partial charge >= 0.3 is 5.97 Å². The minimum absolute atomic E-state index is 0.0314. The van der Waals surface area contributed by atoms with Crippen LogP contribution in [0.1, 0.15) is 70.8 Å². The van der Waals surface area contributed by atoms with Gasteiger partial charge in [-0.1, -0.05) is 0 Å². The van der Waals surface area contributed by atoms with E-state index in [-0.39, 0.29) is 11.3 Å². The van der Waals surface area contributed by atoms with Crippen LogP contribution in [0, 0.1) is 75.5 Å². The first-order valence-electron chi connectivity index (χ1n) is 18.9. The molecule has 1 N–H and O–H groups in total. The number of methoxy groups -OCH3 is 3. The van der Waals surface area contributed by atoms with Crippen molar-refractivity contribution in [2.45, 2.75) is 41.5 Å². The molecule has 0 radical (unpaired) electrons. The Hall–Kier alpha value is -8.27. The van der Waals surface area contributed by atoms with Gasteiger partial charge in [0, 0.05) is 0 Å². The van der Waals surface area contributed by atoms with Crippen molar-refractivity contribution in [1.82, 2.24) is 0 Å². The highest BCUT2D eigenvalue weighted by Crippen LogP contribution is 2.34. The summed E-state index contributed by atoms with van der Waals surface area (Å²) < 4.78 is 32.8. The molecule has 6 rings (SSSR count). The number of carbonyl (C=O) groups is 2. The zero-order chi connectivity index (χ0) is 45.5. The SMILES string of the molecule is COc1ccc(Oc2c(C)cc(C#N)cc2C)cc1.COc1ccc(Oc2c(C)cc(C#N)cc2C)cc1C(=O)O.COc1ccc(Oc2c(C)cc(C#N)cc2C)cc1C=O. The molecule has 0 aliphatic rings. The maximum absolute atomic E-state index is 11.2. The first-order chi connectivity index (χ1) is 29.7. The van der Waals surface area contributed by atoms with Crippen LogP contribution in [0.25, 0.3) is 0 Å². The van der Waals surface area contributed by atoms with Gasteiger partial charge in [-0.05, 0) is 172 Å². The highest BCUT2D eigenvalue weighted by molar-refractivity contribution is 5.91. The molecule has 0 fully saturated rings. The molecule has 62 heavy (non-hydrogen) atoms. The summed E-state index contributed by atoms with van der Waals surface area (Å²) in [6.07, 6.45) is 0.726. The van der Waals surface area contributed by atoms with Crippen molar-refractivity contribution >= 4 is 12.3 Å². The lowest BCUT2D eigenvalue weighted by Crippen LogP contribution is -2.01. The van der Waals surface area contributed by atoms with E-state index in [2.05, 4.69) is 18.2 Å². The molecule has 12 heteroatoms. The van der Waals surface area contributed by atoms with E-state index in [1.807, 2.05) is 77.9 Å². The Morgan fingerprint density at radius 3 is 1.16 bits per heavy atom. The first kappa shape index (κ1) is 46.4. The summed E-state index contributed by atoms with van der Waals surface area (Å²) in [5, 5.41) is 36.0. The van der Waals surface area contributed by atoms with Crippen molar-refractivity contribution in [2.75, 3.05) is 21.3 Å². The number of benzene rings is 6. The third kappa shape index (κ3) is 11.9. The van der Waals surface area contributed by atoms with E-state index in [0.717, 1.165) is 56.9 Å². The van der Waals surface area contributed by atoms with E-state index in [0.29, 0.717) is 51.0 Å². The number of carboxylic acid groups (broad SMARTS) is 1. The van der Waals surface area contributed by atoms with Crippen LogP contribution in [0.4, 0.5) is 0 Å². The smallest absolute Gasteiger partial charge is 0.339 e. The second-order valence-electron chi connectivity index (χ2n) is 13.8. The number of hydrogen-bond acceptors (Lipinski definition) is 11. The summed E-state index contributed by atoms with van der Waals surface area (Å²) in [6, 6.07) is 34.1. The summed E-state index contributed by atoms with van der Waals surface area (Å²) in [4.78, 5) is 22.3.